The van der Waals surface area contributed by atoms with E-state index in [9.17, 15) is 13.2 Å². The molecule has 0 spiro atoms. The zero-order chi connectivity index (χ0) is 26.3. The number of sulfonamides is 1. The third-order valence-electron chi connectivity index (χ3n) is 5.85. The Morgan fingerprint density at radius 1 is 0.649 bits per heavy atom. The van der Waals surface area contributed by atoms with Crippen molar-refractivity contribution in [1.29, 1.82) is 0 Å². The monoisotopic (exact) mass is 552 g/mol. The van der Waals surface area contributed by atoms with Crippen LogP contribution in [0.25, 0.3) is 0 Å². The van der Waals surface area contributed by atoms with Crippen LogP contribution in [0.4, 0.5) is 0 Å². The number of benzene rings is 4. The average Bonchev–Trinajstić information content (AvgIpc) is 2.90. The Hall–Kier alpha value is -3.16. The lowest BCUT2D eigenvalue weighted by Crippen LogP contribution is -2.42. The minimum Gasteiger partial charge on any atom is -0.333 e. The van der Waals surface area contributed by atoms with Crippen LogP contribution in [0.15, 0.2) is 114 Å². The fraction of sp³-hybridized carbons (Fsp3) is 0.138. The molecule has 0 saturated carbocycles. The van der Waals surface area contributed by atoms with E-state index in [2.05, 4.69) is 0 Å². The van der Waals surface area contributed by atoms with Gasteiger partial charge in [0, 0.05) is 29.7 Å². The molecule has 4 aromatic rings. The first-order chi connectivity index (χ1) is 17.8. The smallest absolute Gasteiger partial charge is 0.243 e. The van der Waals surface area contributed by atoms with Gasteiger partial charge in [0.1, 0.15) is 0 Å². The van der Waals surface area contributed by atoms with Gasteiger partial charge in [0.2, 0.25) is 15.9 Å². The Kier molecular flexibility index (Phi) is 9.00. The quantitative estimate of drug-likeness (QED) is 0.228. The van der Waals surface area contributed by atoms with Gasteiger partial charge in [-0.3, -0.25) is 4.79 Å². The van der Waals surface area contributed by atoms with Crippen LogP contribution in [0, 0.1) is 0 Å². The highest BCUT2D eigenvalue weighted by atomic mass is 35.5. The zero-order valence-corrected chi connectivity index (χ0v) is 22.3. The maximum atomic E-state index is 13.7. The Labute approximate surface area is 227 Å². The standard InChI is InChI=1S/C29H26Cl2N2O3S/c30-26-15-17-27(18-16-26)37(35,36)33(21-25-13-7-8-14-28(25)31)22-29(34)32(19-23-9-3-1-4-10-23)20-24-11-5-2-6-12-24/h1-18H,19-22H2. The molecule has 4 aromatic carbocycles. The predicted octanol–water partition coefficient (Wildman–Crippen LogP) is 6.41. The van der Waals surface area contributed by atoms with Crippen molar-refractivity contribution < 1.29 is 13.2 Å². The summed E-state index contributed by atoms with van der Waals surface area (Å²) in [5, 5.41) is 0.848. The summed E-state index contributed by atoms with van der Waals surface area (Å²) in [7, 11) is -4.04. The third-order valence-corrected chi connectivity index (χ3v) is 8.28. The first kappa shape index (κ1) is 26.9. The molecule has 0 aliphatic carbocycles. The fourth-order valence-electron chi connectivity index (χ4n) is 3.89. The van der Waals surface area contributed by atoms with Gasteiger partial charge in [-0.25, -0.2) is 8.42 Å². The molecule has 0 radical (unpaired) electrons. The highest BCUT2D eigenvalue weighted by Crippen LogP contribution is 2.24. The van der Waals surface area contributed by atoms with Gasteiger partial charge in [-0.05, 0) is 47.0 Å². The molecule has 0 aliphatic heterocycles. The number of hydrogen-bond donors (Lipinski definition) is 0. The van der Waals surface area contributed by atoms with Gasteiger partial charge in [-0.15, -0.1) is 0 Å². The average molecular weight is 554 g/mol. The molecule has 4 rings (SSSR count). The first-order valence-corrected chi connectivity index (χ1v) is 13.9. The number of nitrogens with zero attached hydrogens (tertiary/aromatic N) is 2. The van der Waals surface area contributed by atoms with Crippen molar-refractivity contribution >= 4 is 39.1 Å². The molecule has 37 heavy (non-hydrogen) atoms. The van der Waals surface area contributed by atoms with Crippen LogP contribution in [0.2, 0.25) is 10.0 Å². The van der Waals surface area contributed by atoms with Crippen molar-refractivity contribution in [2.75, 3.05) is 6.54 Å². The highest BCUT2D eigenvalue weighted by Gasteiger charge is 2.29. The van der Waals surface area contributed by atoms with Crippen molar-refractivity contribution in [2.24, 2.45) is 0 Å². The van der Waals surface area contributed by atoms with Crippen LogP contribution >= 0.6 is 23.2 Å². The Balaban J connectivity index is 1.66. The maximum Gasteiger partial charge on any atom is 0.243 e. The van der Waals surface area contributed by atoms with Gasteiger partial charge in [-0.2, -0.15) is 4.31 Å². The topological polar surface area (TPSA) is 57.7 Å². The van der Waals surface area contributed by atoms with E-state index in [0.29, 0.717) is 28.7 Å². The summed E-state index contributed by atoms with van der Waals surface area (Å²) in [6, 6.07) is 32.2. The van der Waals surface area contributed by atoms with E-state index in [1.165, 1.54) is 28.6 Å². The molecule has 8 heteroatoms. The second-order valence-corrected chi connectivity index (χ2v) is 11.3. The summed E-state index contributed by atoms with van der Waals surface area (Å²) in [5.41, 5.74) is 2.50. The minimum absolute atomic E-state index is 0.0504. The maximum absolute atomic E-state index is 13.7. The van der Waals surface area contributed by atoms with Crippen molar-refractivity contribution in [3.05, 3.63) is 136 Å². The van der Waals surface area contributed by atoms with Crippen molar-refractivity contribution in [2.45, 2.75) is 24.5 Å². The van der Waals surface area contributed by atoms with Crippen molar-refractivity contribution in [1.82, 2.24) is 9.21 Å². The molecule has 5 nitrogen and oxygen atoms in total. The lowest BCUT2D eigenvalue weighted by molar-refractivity contribution is -0.132. The third kappa shape index (κ3) is 7.21. The molecular weight excluding hydrogens is 527 g/mol. The highest BCUT2D eigenvalue weighted by molar-refractivity contribution is 7.89. The van der Waals surface area contributed by atoms with E-state index in [1.807, 2.05) is 60.7 Å². The van der Waals surface area contributed by atoms with Crippen LogP contribution in [0.1, 0.15) is 16.7 Å². The van der Waals surface area contributed by atoms with Crippen LogP contribution < -0.4 is 0 Å². The number of amides is 1. The van der Waals surface area contributed by atoms with Crippen molar-refractivity contribution in [3.63, 3.8) is 0 Å². The Morgan fingerprint density at radius 3 is 1.70 bits per heavy atom. The lowest BCUT2D eigenvalue weighted by atomic mass is 10.1. The van der Waals surface area contributed by atoms with E-state index in [4.69, 9.17) is 23.2 Å². The molecule has 0 N–H and O–H groups in total. The molecule has 0 heterocycles. The summed E-state index contributed by atoms with van der Waals surface area (Å²) in [5.74, 6) is -0.322. The number of rotatable bonds is 10. The minimum atomic E-state index is -4.04. The molecule has 0 bridgehead atoms. The number of carbonyl (C=O) groups is 1. The van der Waals surface area contributed by atoms with E-state index < -0.39 is 10.0 Å². The summed E-state index contributed by atoms with van der Waals surface area (Å²) in [6.45, 7) is 0.279. The summed E-state index contributed by atoms with van der Waals surface area (Å²) >= 11 is 12.3. The van der Waals surface area contributed by atoms with Gasteiger partial charge >= 0.3 is 0 Å². The molecule has 0 aliphatic rings. The van der Waals surface area contributed by atoms with Gasteiger partial charge in [-0.1, -0.05) is 102 Å². The zero-order valence-electron chi connectivity index (χ0n) is 20.0. The molecule has 1 amide bonds. The van der Waals surface area contributed by atoms with Gasteiger partial charge in [0.25, 0.3) is 0 Å². The van der Waals surface area contributed by atoms with E-state index in [1.54, 1.807) is 29.2 Å². The van der Waals surface area contributed by atoms with Crippen LogP contribution in [0.5, 0.6) is 0 Å². The number of halogens is 2. The molecule has 0 atom stereocenters. The van der Waals surface area contributed by atoms with Crippen LogP contribution in [-0.4, -0.2) is 30.1 Å². The fourth-order valence-corrected chi connectivity index (χ4v) is 5.58. The first-order valence-electron chi connectivity index (χ1n) is 11.7. The second kappa shape index (κ2) is 12.4. The van der Waals surface area contributed by atoms with E-state index >= 15 is 0 Å². The second-order valence-electron chi connectivity index (χ2n) is 8.54. The SMILES string of the molecule is O=C(CN(Cc1ccccc1Cl)S(=O)(=O)c1ccc(Cl)cc1)N(Cc1ccccc1)Cc1ccccc1. The van der Waals surface area contributed by atoms with Gasteiger partial charge < -0.3 is 4.90 Å². The van der Waals surface area contributed by atoms with Crippen LogP contribution in [0.3, 0.4) is 0 Å². The van der Waals surface area contributed by atoms with Gasteiger partial charge in [0.15, 0.2) is 0 Å². The van der Waals surface area contributed by atoms with Crippen LogP contribution in [-0.2, 0) is 34.5 Å². The van der Waals surface area contributed by atoms with Gasteiger partial charge in [0.05, 0.1) is 11.4 Å². The molecule has 0 saturated heterocycles. The molecule has 190 valence electrons. The summed E-state index contributed by atoms with van der Waals surface area (Å²) in [6.07, 6.45) is 0. The normalized spacial score (nSPS) is 11.4. The van der Waals surface area contributed by atoms with Crippen molar-refractivity contribution in [3.8, 4) is 0 Å². The molecule has 0 fully saturated rings. The summed E-state index contributed by atoms with van der Waals surface area (Å²) in [4.78, 5) is 15.5. The van der Waals surface area contributed by atoms with E-state index in [0.717, 1.165) is 11.1 Å². The molecular formula is C29H26Cl2N2O3S. The number of hydrogen-bond acceptors (Lipinski definition) is 3. The summed E-state index contributed by atoms with van der Waals surface area (Å²) < 4.78 is 28.6. The predicted molar refractivity (Wildman–Crippen MR) is 148 cm³/mol. The Bertz CT molecular complexity index is 1390. The molecule has 0 aromatic heterocycles. The van der Waals surface area contributed by atoms with E-state index in [-0.39, 0.29) is 23.9 Å². The number of carbonyl (C=O) groups excluding carboxylic acids is 1. The lowest BCUT2D eigenvalue weighted by Gasteiger charge is -2.28. The molecule has 0 unspecified atom stereocenters. The largest absolute Gasteiger partial charge is 0.333 e. The Morgan fingerprint density at radius 2 is 1.16 bits per heavy atom.